The van der Waals surface area contributed by atoms with E-state index < -0.39 is 0 Å². The van der Waals surface area contributed by atoms with Crippen molar-refractivity contribution in [2.45, 2.75) is 19.9 Å². The minimum atomic E-state index is -0.144. The summed E-state index contributed by atoms with van der Waals surface area (Å²) in [6, 6.07) is 11.3. The number of anilines is 1. The summed E-state index contributed by atoms with van der Waals surface area (Å²) in [5.74, 6) is -0.144. The highest BCUT2D eigenvalue weighted by Gasteiger charge is 2.05. The first-order chi connectivity index (χ1) is 9.79. The lowest BCUT2D eigenvalue weighted by molar-refractivity contribution is 0.102. The molecule has 0 aliphatic carbocycles. The minimum absolute atomic E-state index is 0.144. The van der Waals surface area contributed by atoms with Crippen molar-refractivity contribution in [1.29, 1.82) is 0 Å². The second-order valence-corrected chi connectivity index (χ2v) is 4.57. The summed E-state index contributed by atoms with van der Waals surface area (Å²) in [6.45, 7) is 4.01. The fourth-order valence-corrected chi connectivity index (χ4v) is 1.82. The van der Waals surface area contributed by atoms with Crippen molar-refractivity contribution >= 4 is 11.6 Å². The van der Waals surface area contributed by atoms with Crippen LogP contribution < -0.4 is 10.6 Å². The lowest BCUT2D eigenvalue weighted by Crippen LogP contribution is -2.14. The number of nitrogens with zero attached hydrogens (tertiary/aromatic N) is 1. The van der Waals surface area contributed by atoms with E-state index in [1.165, 1.54) is 5.56 Å². The Labute approximate surface area is 119 Å². The van der Waals surface area contributed by atoms with E-state index in [0.29, 0.717) is 5.56 Å². The molecule has 104 valence electrons. The monoisotopic (exact) mass is 269 g/mol. The Bertz CT molecular complexity index is 537. The van der Waals surface area contributed by atoms with Gasteiger partial charge in [0.25, 0.3) is 5.91 Å². The number of pyridine rings is 1. The minimum Gasteiger partial charge on any atom is -0.322 e. The Morgan fingerprint density at radius 1 is 1.20 bits per heavy atom. The first kappa shape index (κ1) is 14.2. The SMILES string of the molecule is CCCNCc1ccc(NC(=O)c2cccnc2)cc1. The number of hydrogen-bond acceptors (Lipinski definition) is 3. The van der Waals surface area contributed by atoms with Crippen LogP contribution in [0.5, 0.6) is 0 Å². The number of hydrogen-bond donors (Lipinski definition) is 2. The molecular weight excluding hydrogens is 250 g/mol. The molecule has 1 heterocycles. The Morgan fingerprint density at radius 2 is 2.00 bits per heavy atom. The first-order valence-electron chi connectivity index (χ1n) is 6.80. The zero-order valence-electron chi connectivity index (χ0n) is 11.6. The summed E-state index contributed by atoms with van der Waals surface area (Å²) in [7, 11) is 0. The van der Waals surface area contributed by atoms with Crippen molar-refractivity contribution in [2.24, 2.45) is 0 Å². The zero-order valence-corrected chi connectivity index (χ0v) is 11.6. The Morgan fingerprint density at radius 3 is 2.65 bits per heavy atom. The topological polar surface area (TPSA) is 54.0 Å². The van der Waals surface area contributed by atoms with Crippen molar-refractivity contribution in [2.75, 3.05) is 11.9 Å². The van der Waals surface area contributed by atoms with Crippen LogP contribution >= 0.6 is 0 Å². The average Bonchev–Trinajstić information content (AvgIpc) is 2.50. The Kier molecular flexibility index (Phi) is 5.26. The lowest BCUT2D eigenvalue weighted by Gasteiger charge is -2.07. The highest BCUT2D eigenvalue weighted by Crippen LogP contribution is 2.11. The van der Waals surface area contributed by atoms with E-state index in [2.05, 4.69) is 22.5 Å². The first-order valence-corrected chi connectivity index (χ1v) is 6.80. The molecule has 0 saturated heterocycles. The van der Waals surface area contributed by atoms with Gasteiger partial charge in [-0.3, -0.25) is 9.78 Å². The number of carbonyl (C=O) groups excluding carboxylic acids is 1. The molecule has 0 unspecified atom stereocenters. The summed E-state index contributed by atoms with van der Waals surface area (Å²) in [4.78, 5) is 15.9. The van der Waals surface area contributed by atoms with E-state index in [1.54, 1.807) is 24.5 Å². The number of nitrogens with one attached hydrogen (secondary N) is 2. The van der Waals surface area contributed by atoms with Gasteiger partial charge in [-0.1, -0.05) is 19.1 Å². The molecule has 2 aromatic rings. The van der Waals surface area contributed by atoms with Gasteiger partial charge >= 0.3 is 0 Å². The fourth-order valence-electron chi connectivity index (χ4n) is 1.82. The van der Waals surface area contributed by atoms with E-state index in [1.807, 2.05) is 24.3 Å². The van der Waals surface area contributed by atoms with Gasteiger partial charge in [0.05, 0.1) is 5.56 Å². The molecule has 0 bridgehead atoms. The van der Waals surface area contributed by atoms with Gasteiger partial charge < -0.3 is 10.6 Å². The van der Waals surface area contributed by atoms with E-state index in [9.17, 15) is 4.79 Å². The molecule has 0 spiro atoms. The largest absolute Gasteiger partial charge is 0.322 e. The normalized spacial score (nSPS) is 10.2. The summed E-state index contributed by atoms with van der Waals surface area (Å²) in [5.41, 5.74) is 2.55. The van der Waals surface area contributed by atoms with Crippen LogP contribution in [0.15, 0.2) is 48.8 Å². The third kappa shape index (κ3) is 4.17. The van der Waals surface area contributed by atoms with Crippen molar-refractivity contribution in [3.8, 4) is 0 Å². The Balaban J connectivity index is 1.92. The van der Waals surface area contributed by atoms with Gasteiger partial charge in [-0.25, -0.2) is 0 Å². The van der Waals surface area contributed by atoms with Crippen LogP contribution in [0.25, 0.3) is 0 Å². The predicted molar refractivity (Wildman–Crippen MR) is 80.6 cm³/mol. The van der Waals surface area contributed by atoms with Gasteiger partial charge in [-0.15, -0.1) is 0 Å². The molecular formula is C16H19N3O. The maximum Gasteiger partial charge on any atom is 0.257 e. The number of aromatic nitrogens is 1. The molecule has 0 aliphatic heterocycles. The quantitative estimate of drug-likeness (QED) is 0.793. The summed E-state index contributed by atoms with van der Waals surface area (Å²) < 4.78 is 0. The average molecular weight is 269 g/mol. The predicted octanol–water partition coefficient (Wildman–Crippen LogP) is 2.83. The van der Waals surface area contributed by atoms with E-state index >= 15 is 0 Å². The van der Waals surface area contributed by atoms with Crippen molar-refractivity contribution < 1.29 is 4.79 Å². The van der Waals surface area contributed by atoms with Crippen molar-refractivity contribution in [3.05, 3.63) is 59.9 Å². The summed E-state index contributed by atoms with van der Waals surface area (Å²) >= 11 is 0. The van der Waals surface area contributed by atoms with Crippen LogP contribution in [-0.4, -0.2) is 17.4 Å². The smallest absolute Gasteiger partial charge is 0.257 e. The van der Waals surface area contributed by atoms with Gasteiger partial charge in [0.15, 0.2) is 0 Å². The Hall–Kier alpha value is -2.20. The maximum absolute atomic E-state index is 11.9. The molecule has 0 saturated carbocycles. The van der Waals surface area contributed by atoms with Crippen LogP contribution in [0, 0.1) is 0 Å². The molecule has 0 radical (unpaired) electrons. The number of rotatable bonds is 6. The third-order valence-electron chi connectivity index (χ3n) is 2.89. The van der Waals surface area contributed by atoms with Gasteiger partial charge in [0.2, 0.25) is 0 Å². The van der Waals surface area contributed by atoms with Gasteiger partial charge in [0, 0.05) is 24.6 Å². The third-order valence-corrected chi connectivity index (χ3v) is 2.89. The molecule has 2 rings (SSSR count). The molecule has 1 amide bonds. The van der Waals surface area contributed by atoms with Crippen LogP contribution in [0.2, 0.25) is 0 Å². The number of amides is 1. The van der Waals surface area contributed by atoms with Gasteiger partial charge in [-0.05, 0) is 42.8 Å². The van der Waals surface area contributed by atoms with E-state index in [4.69, 9.17) is 0 Å². The standard InChI is InChI=1S/C16H19N3O/c1-2-9-17-11-13-5-7-15(8-6-13)19-16(20)14-4-3-10-18-12-14/h3-8,10,12,17H,2,9,11H2,1H3,(H,19,20). The van der Waals surface area contributed by atoms with E-state index in [-0.39, 0.29) is 5.91 Å². The van der Waals surface area contributed by atoms with E-state index in [0.717, 1.165) is 25.2 Å². The number of benzene rings is 1. The highest BCUT2D eigenvalue weighted by molar-refractivity contribution is 6.03. The molecule has 0 atom stereocenters. The summed E-state index contributed by atoms with van der Waals surface area (Å²) in [5, 5.41) is 6.20. The zero-order chi connectivity index (χ0) is 14.2. The molecule has 0 fully saturated rings. The number of carbonyl (C=O) groups is 1. The molecule has 1 aromatic carbocycles. The fraction of sp³-hybridized carbons (Fsp3) is 0.250. The lowest BCUT2D eigenvalue weighted by atomic mass is 10.2. The van der Waals surface area contributed by atoms with Gasteiger partial charge in [0.1, 0.15) is 0 Å². The molecule has 1 aromatic heterocycles. The molecule has 2 N–H and O–H groups in total. The maximum atomic E-state index is 11.9. The molecule has 0 aliphatic rings. The van der Waals surface area contributed by atoms with Gasteiger partial charge in [-0.2, -0.15) is 0 Å². The summed E-state index contributed by atoms with van der Waals surface area (Å²) in [6.07, 6.45) is 4.33. The second-order valence-electron chi connectivity index (χ2n) is 4.57. The second kappa shape index (κ2) is 7.40. The van der Waals surface area contributed by atoms with Crippen LogP contribution in [0.3, 0.4) is 0 Å². The van der Waals surface area contributed by atoms with Crippen molar-refractivity contribution in [1.82, 2.24) is 10.3 Å². The van der Waals surface area contributed by atoms with Crippen LogP contribution in [0.4, 0.5) is 5.69 Å². The molecule has 4 nitrogen and oxygen atoms in total. The highest BCUT2D eigenvalue weighted by atomic mass is 16.1. The molecule has 4 heteroatoms. The van der Waals surface area contributed by atoms with Crippen LogP contribution in [0.1, 0.15) is 29.3 Å². The van der Waals surface area contributed by atoms with Crippen molar-refractivity contribution in [3.63, 3.8) is 0 Å². The van der Waals surface area contributed by atoms with Crippen LogP contribution in [-0.2, 0) is 6.54 Å². The molecule has 20 heavy (non-hydrogen) atoms.